The molecule has 1 aromatic rings. The maximum Gasteiger partial charge on any atom is 0.497 e. The molecule has 1 saturated heterocycles. The van der Waals surface area contributed by atoms with Gasteiger partial charge in [0.15, 0.2) is 0 Å². The molecule has 0 unspecified atom stereocenters. The van der Waals surface area contributed by atoms with Crippen molar-refractivity contribution < 1.29 is 18.8 Å². The summed E-state index contributed by atoms with van der Waals surface area (Å²) in [6.45, 7) is 15.5. The van der Waals surface area contributed by atoms with Gasteiger partial charge in [-0.15, -0.1) is 0 Å². The molecule has 2 rings (SSSR count). The number of rotatable bonds is 7. The Kier molecular flexibility index (Phi) is 6.39. The maximum atomic E-state index is 12.0. The summed E-state index contributed by atoms with van der Waals surface area (Å²) in [5.41, 5.74) is 0.144. The van der Waals surface area contributed by atoms with Gasteiger partial charge in [-0.05, 0) is 48.0 Å². The first-order chi connectivity index (χ1) is 12.0. The average molecular weight is 365 g/mol. The van der Waals surface area contributed by atoms with Crippen LogP contribution in [-0.2, 0) is 14.0 Å². The highest BCUT2D eigenvalue weighted by Crippen LogP contribution is 2.23. The van der Waals surface area contributed by atoms with Crippen molar-refractivity contribution in [2.24, 2.45) is 0 Å². The topological polar surface area (TPSA) is 65.8 Å². The summed E-state index contributed by atoms with van der Waals surface area (Å²) in [6.07, 6.45) is 4.34. The second kappa shape index (κ2) is 8.00. The van der Waals surface area contributed by atoms with Crippen LogP contribution in [0.1, 0.15) is 60.9 Å². The minimum Gasteiger partial charge on any atom is -0.444 e. The van der Waals surface area contributed by atoms with Gasteiger partial charge >= 0.3 is 13.2 Å². The van der Waals surface area contributed by atoms with Crippen LogP contribution in [0.3, 0.4) is 0 Å². The number of ether oxygens (including phenoxy) is 1. The lowest BCUT2D eigenvalue weighted by molar-refractivity contribution is -0.000406. The van der Waals surface area contributed by atoms with Gasteiger partial charge in [0.1, 0.15) is 5.60 Å². The van der Waals surface area contributed by atoms with Crippen molar-refractivity contribution in [3.05, 3.63) is 12.4 Å². The van der Waals surface area contributed by atoms with Crippen LogP contribution in [0.5, 0.6) is 0 Å². The Hall–Kier alpha value is -1.54. The molecule has 0 radical (unpaired) electrons. The lowest BCUT2D eigenvalue weighted by atomic mass is 9.79. The van der Waals surface area contributed by atoms with Crippen molar-refractivity contribution in [1.29, 1.82) is 0 Å². The van der Waals surface area contributed by atoms with Crippen molar-refractivity contribution in [3.63, 3.8) is 0 Å². The fourth-order valence-electron chi connectivity index (χ4n) is 2.50. The Morgan fingerprint density at radius 3 is 2.46 bits per heavy atom. The summed E-state index contributed by atoms with van der Waals surface area (Å²) < 4.78 is 19.1. The lowest BCUT2D eigenvalue weighted by Crippen LogP contribution is -2.52. The van der Waals surface area contributed by atoms with E-state index < -0.39 is 12.7 Å². The predicted octanol–water partition coefficient (Wildman–Crippen LogP) is 2.61. The van der Waals surface area contributed by atoms with E-state index in [4.69, 9.17) is 14.0 Å². The quantitative estimate of drug-likeness (QED) is 0.695. The van der Waals surface area contributed by atoms with Gasteiger partial charge in [0, 0.05) is 43.2 Å². The number of hydrogen-bond acceptors (Lipinski definition) is 5. The molecule has 0 spiro atoms. The normalized spacial score (nSPS) is 15.7. The molecule has 0 bridgehead atoms. The largest absolute Gasteiger partial charge is 0.497 e. The molecule has 8 heteroatoms. The second-order valence-corrected chi connectivity index (χ2v) is 8.31. The monoisotopic (exact) mass is 365 g/mol. The van der Waals surface area contributed by atoms with E-state index in [1.165, 1.54) is 0 Å². The van der Waals surface area contributed by atoms with Crippen LogP contribution in [0.25, 0.3) is 0 Å². The van der Waals surface area contributed by atoms with E-state index in [9.17, 15) is 4.79 Å². The van der Waals surface area contributed by atoms with E-state index in [0.717, 1.165) is 11.9 Å². The van der Waals surface area contributed by atoms with Gasteiger partial charge in [0.05, 0.1) is 6.04 Å². The summed E-state index contributed by atoms with van der Waals surface area (Å²) in [6, 6.07) is 0.151. The average Bonchev–Trinajstić information content (AvgIpc) is 2.92. The Bertz CT molecular complexity index is 606. The van der Waals surface area contributed by atoms with Crippen LogP contribution < -0.4 is 5.46 Å². The van der Waals surface area contributed by atoms with Gasteiger partial charge in [-0.25, -0.2) is 4.79 Å². The Balaban J connectivity index is 1.96. The molecule has 0 aliphatic carbocycles. The highest BCUT2D eigenvalue weighted by molar-refractivity contribution is 6.61. The minimum atomic E-state index is -0.477. The molecule has 0 N–H and O–H groups in total. The van der Waals surface area contributed by atoms with Crippen LogP contribution >= 0.6 is 0 Å². The molecule has 0 atom stereocenters. The van der Waals surface area contributed by atoms with Gasteiger partial charge < -0.3 is 18.9 Å². The zero-order valence-electron chi connectivity index (χ0n) is 17.1. The standard InChI is InChI=1S/C18H32BN3O4/c1-8-18(6,7)26-19(24-9-2)14-10-20-22(11-14)15-12-21(13-15)16(23)25-17(3,4)5/h10-11,15H,8-9,12-13H2,1-7H3. The van der Waals surface area contributed by atoms with Gasteiger partial charge in [0.2, 0.25) is 0 Å². The number of aromatic nitrogens is 2. The predicted molar refractivity (Wildman–Crippen MR) is 102 cm³/mol. The van der Waals surface area contributed by atoms with Gasteiger partial charge in [0.25, 0.3) is 0 Å². The van der Waals surface area contributed by atoms with E-state index in [0.29, 0.717) is 19.7 Å². The zero-order valence-corrected chi connectivity index (χ0v) is 17.1. The summed E-state index contributed by atoms with van der Waals surface area (Å²) in [7, 11) is -0.439. The smallest absolute Gasteiger partial charge is 0.444 e. The Morgan fingerprint density at radius 2 is 1.92 bits per heavy atom. The number of nitrogens with zero attached hydrogens (tertiary/aromatic N) is 3. The molecule has 1 fully saturated rings. The van der Waals surface area contributed by atoms with Crippen LogP contribution in [0, 0.1) is 0 Å². The van der Waals surface area contributed by atoms with Crippen molar-refractivity contribution in [3.8, 4) is 0 Å². The number of amides is 1. The maximum absolute atomic E-state index is 12.0. The van der Waals surface area contributed by atoms with Gasteiger partial charge in [-0.1, -0.05) is 6.92 Å². The van der Waals surface area contributed by atoms with Crippen LogP contribution in [-0.4, -0.2) is 58.8 Å². The number of carbonyl (C=O) groups is 1. The minimum absolute atomic E-state index is 0.151. The third-order valence-corrected chi connectivity index (χ3v) is 4.38. The first kappa shape index (κ1) is 20.8. The molecule has 0 saturated carbocycles. The Morgan fingerprint density at radius 1 is 1.27 bits per heavy atom. The molecular weight excluding hydrogens is 333 g/mol. The highest BCUT2D eigenvalue weighted by Gasteiger charge is 2.36. The molecule has 1 amide bonds. The molecule has 1 aliphatic rings. The molecular formula is C18H32BN3O4. The lowest BCUT2D eigenvalue weighted by Gasteiger charge is -2.39. The van der Waals surface area contributed by atoms with Crippen LogP contribution in [0.2, 0.25) is 0 Å². The summed E-state index contributed by atoms with van der Waals surface area (Å²) >= 11 is 0. The summed E-state index contributed by atoms with van der Waals surface area (Å²) in [5, 5.41) is 4.44. The SMILES string of the molecule is CCOB(OC(C)(C)CC)c1cnn(C2CN(C(=O)OC(C)(C)C)C2)c1. The van der Waals surface area contributed by atoms with E-state index >= 15 is 0 Å². The molecule has 2 heterocycles. The third kappa shape index (κ3) is 5.48. The third-order valence-electron chi connectivity index (χ3n) is 4.38. The van der Waals surface area contributed by atoms with Crippen molar-refractivity contribution in [2.45, 2.75) is 72.1 Å². The molecule has 1 aliphatic heterocycles. The summed E-state index contributed by atoms with van der Waals surface area (Å²) in [4.78, 5) is 13.7. The van der Waals surface area contributed by atoms with Crippen LogP contribution in [0.15, 0.2) is 12.4 Å². The van der Waals surface area contributed by atoms with E-state index in [2.05, 4.69) is 12.0 Å². The number of hydrogen-bond donors (Lipinski definition) is 0. The molecule has 1 aromatic heterocycles. The number of carbonyl (C=O) groups excluding carboxylic acids is 1. The van der Waals surface area contributed by atoms with E-state index in [1.807, 2.05) is 52.4 Å². The van der Waals surface area contributed by atoms with Crippen molar-refractivity contribution in [2.75, 3.05) is 19.7 Å². The van der Waals surface area contributed by atoms with Gasteiger partial charge in [-0.2, -0.15) is 5.10 Å². The van der Waals surface area contributed by atoms with E-state index in [-0.39, 0.29) is 17.7 Å². The molecule has 7 nitrogen and oxygen atoms in total. The first-order valence-corrected chi connectivity index (χ1v) is 9.36. The highest BCUT2D eigenvalue weighted by atomic mass is 16.6. The van der Waals surface area contributed by atoms with Gasteiger partial charge in [-0.3, -0.25) is 4.68 Å². The molecule has 0 aromatic carbocycles. The first-order valence-electron chi connectivity index (χ1n) is 9.36. The van der Waals surface area contributed by atoms with E-state index in [1.54, 1.807) is 11.1 Å². The van der Waals surface area contributed by atoms with Crippen molar-refractivity contribution >= 4 is 18.7 Å². The molecule has 146 valence electrons. The van der Waals surface area contributed by atoms with Crippen LogP contribution in [0.4, 0.5) is 4.79 Å². The second-order valence-electron chi connectivity index (χ2n) is 8.31. The summed E-state index contributed by atoms with van der Waals surface area (Å²) in [5.74, 6) is 0. The Labute approximate surface area is 157 Å². The fraction of sp³-hybridized carbons (Fsp3) is 0.778. The zero-order chi connectivity index (χ0) is 19.5. The fourth-order valence-corrected chi connectivity index (χ4v) is 2.50. The number of likely N-dealkylation sites (tertiary alicyclic amines) is 1. The molecule has 26 heavy (non-hydrogen) atoms. The van der Waals surface area contributed by atoms with Crippen molar-refractivity contribution in [1.82, 2.24) is 14.7 Å².